The number of carboxylic acid groups (broad SMARTS) is 1. The van der Waals surface area contributed by atoms with Crippen LogP contribution in [0.25, 0.3) is 0 Å². The Morgan fingerprint density at radius 3 is 2.54 bits per heavy atom. The van der Waals surface area contributed by atoms with Crippen molar-refractivity contribution in [1.29, 1.82) is 5.26 Å². The standard InChI is InChI=1S/C21H25NO6/c1-26-18-5-2-15(21(12-22)8-6-14(7-9-21)20(24)25)10-19(18)28-17-4-3-16(11-17)27-13-23/h2,5,10,13-14,16-17H,3-4,6-9,11H2,1H3,(H,24,25)/t14?,16-,17+,21?/m0/s1. The molecule has 2 saturated carbocycles. The fraction of sp³-hybridized carbons (Fsp3) is 0.571. The Morgan fingerprint density at radius 1 is 1.21 bits per heavy atom. The zero-order chi connectivity index (χ0) is 20.1. The first-order valence-corrected chi connectivity index (χ1v) is 9.59. The van der Waals surface area contributed by atoms with Gasteiger partial charge in [0, 0.05) is 6.42 Å². The summed E-state index contributed by atoms with van der Waals surface area (Å²) < 4.78 is 16.6. The molecule has 1 N–H and O–H groups in total. The number of hydrogen-bond donors (Lipinski definition) is 1. The van der Waals surface area contributed by atoms with Gasteiger partial charge in [0.1, 0.15) is 12.2 Å². The molecule has 150 valence electrons. The number of hydrogen-bond acceptors (Lipinski definition) is 6. The molecule has 1 aromatic carbocycles. The van der Waals surface area contributed by atoms with Crippen molar-refractivity contribution in [3.05, 3.63) is 23.8 Å². The van der Waals surface area contributed by atoms with Crippen LogP contribution in [0.1, 0.15) is 50.5 Å². The van der Waals surface area contributed by atoms with Gasteiger partial charge in [0.2, 0.25) is 0 Å². The van der Waals surface area contributed by atoms with Gasteiger partial charge in [-0.15, -0.1) is 0 Å². The van der Waals surface area contributed by atoms with Crippen molar-refractivity contribution in [2.75, 3.05) is 7.11 Å². The molecule has 0 aromatic heterocycles. The molecule has 7 nitrogen and oxygen atoms in total. The van der Waals surface area contributed by atoms with E-state index in [9.17, 15) is 20.0 Å². The summed E-state index contributed by atoms with van der Waals surface area (Å²) in [5.74, 6) is -0.0372. The number of carboxylic acids is 1. The molecule has 0 bridgehead atoms. The van der Waals surface area contributed by atoms with E-state index in [0.717, 1.165) is 18.4 Å². The lowest BCUT2D eigenvalue weighted by atomic mass is 9.67. The molecule has 3 rings (SSSR count). The number of carbonyl (C=O) groups excluding carboxylic acids is 1. The zero-order valence-corrected chi connectivity index (χ0v) is 15.9. The molecule has 1 aromatic rings. The maximum absolute atomic E-state index is 11.2. The summed E-state index contributed by atoms with van der Waals surface area (Å²) in [5.41, 5.74) is 0.114. The summed E-state index contributed by atoms with van der Waals surface area (Å²) in [6.07, 6.45) is 3.91. The predicted octanol–water partition coefficient (Wildman–Crippen LogP) is 3.20. The molecule has 2 atom stereocenters. The van der Waals surface area contributed by atoms with Crippen LogP contribution in [0, 0.1) is 17.2 Å². The van der Waals surface area contributed by atoms with Gasteiger partial charge in [-0.2, -0.15) is 5.26 Å². The van der Waals surface area contributed by atoms with Crippen molar-refractivity contribution in [3.63, 3.8) is 0 Å². The fourth-order valence-corrected chi connectivity index (χ4v) is 4.28. The van der Waals surface area contributed by atoms with Gasteiger partial charge in [0.05, 0.1) is 24.5 Å². The summed E-state index contributed by atoms with van der Waals surface area (Å²) in [6.45, 7) is 0.471. The molecular formula is C21H25NO6. The van der Waals surface area contributed by atoms with Gasteiger partial charge in [-0.25, -0.2) is 0 Å². The molecule has 0 saturated heterocycles. The minimum Gasteiger partial charge on any atom is -0.493 e. The SMILES string of the molecule is COc1ccc(C2(C#N)CCC(C(=O)O)CC2)cc1O[C@@H]1CC[C@H](OC=O)C1. The van der Waals surface area contributed by atoms with Gasteiger partial charge in [-0.3, -0.25) is 9.59 Å². The highest BCUT2D eigenvalue weighted by Crippen LogP contribution is 2.44. The number of nitriles is 1. The Labute approximate surface area is 164 Å². The number of carbonyl (C=O) groups is 2. The summed E-state index contributed by atoms with van der Waals surface area (Å²) in [5, 5.41) is 19.1. The first-order chi connectivity index (χ1) is 13.5. The second-order valence-corrected chi connectivity index (χ2v) is 7.58. The van der Waals surface area contributed by atoms with E-state index in [0.29, 0.717) is 50.1 Å². The average Bonchev–Trinajstić information content (AvgIpc) is 3.15. The topological polar surface area (TPSA) is 106 Å². The van der Waals surface area contributed by atoms with Gasteiger partial charge < -0.3 is 19.3 Å². The third-order valence-electron chi connectivity index (χ3n) is 6.00. The second-order valence-electron chi connectivity index (χ2n) is 7.58. The number of methoxy groups -OCH3 is 1. The zero-order valence-electron chi connectivity index (χ0n) is 15.9. The van der Waals surface area contributed by atoms with Crippen LogP contribution < -0.4 is 9.47 Å². The van der Waals surface area contributed by atoms with Gasteiger partial charge in [-0.05, 0) is 56.2 Å². The van der Waals surface area contributed by atoms with Gasteiger partial charge in [0.15, 0.2) is 11.5 Å². The van der Waals surface area contributed by atoms with Crippen molar-refractivity contribution < 1.29 is 28.9 Å². The summed E-state index contributed by atoms with van der Waals surface area (Å²) in [6, 6.07) is 7.93. The van der Waals surface area contributed by atoms with Crippen molar-refractivity contribution in [2.45, 2.75) is 62.6 Å². The average molecular weight is 387 g/mol. The monoisotopic (exact) mass is 387 g/mol. The van der Waals surface area contributed by atoms with Crippen LogP contribution in [0.4, 0.5) is 0 Å². The summed E-state index contributed by atoms with van der Waals surface area (Å²) in [4.78, 5) is 21.8. The van der Waals surface area contributed by atoms with Crippen molar-refractivity contribution >= 4 is 12.4 Å². The Kier molecular flexibility index (Phi) is 6.08. The highest BCUT2D eigenvalue weighted by atomic mass is 16.5. The fourth-order valence-electron chi connectivity index (χ4n) is 4.28. The van der Waals surface area contributed by atoms with Crippen molar-refractivity contribution in [1.82, 2.24) is 0 Å². The van der Waals surface area contributed by atoms with E-state index in [1.165, 1.54) is 0 Å². The normalized spacial score (nSPS) is 29.5. The van der Waals surface area contributed by atoms with Gasteiger partial charge in [-0.1, -0.05) is 6.07 Å². The molecule has 0 unspecified atom stereocenters. The van der Waals surface area contributed by atoms with E-state index in [1.54, 1.807) is 13.2 Å². The molecule has 2 fully saturated rings. The van der Waals surface area contributed by atoms with E-state index >= 15 is 0 Å². The third-order valence-corrected chi connectivity index (χ3v) is 6.00. The van der Waals surface area contributed by atoms with E-state index < -0.39 is 11.4 Å². The number of ether oxygens (including phenoxy) is 3. The summed E-state index contributed by atoms with van der Waals surface area (Å²) in [7, 11) is 1.56. The van der Waals surface area contributed by atoms with Crippen LogP contribution in [0.3, 0.4) is 0 Å². The largest absolute Gasteiger partial charge is 0.493 e. The smallest absolute Gasteiger partial charge is 0.306 e. The lowest BCUT2D eigenvalue weighted by Gasteiger charge is -2.34. The molecule has 0 amide bonds. The van der Waals surface area contributed by atoms with Gasteiger partial charge in [0.25, 0.3) is 6.47 Å². The Bertz CT molecular complexity index is 763. The maximum atomic E-state index is 11.2. The number of benzene rings is 1. The molecular weight excluding hydrogens is 362 g/mol. The Balaban J connectivity index is 1.79. The maximum Gasteiger partial charge on any atom is 0.306 e. The molecule has 0 spiro atoms. The van der Waals surface area contributed by atoms with E-state index in [2.05, 4.69) is 6.07 Å². The van der Waals surface area contributed by atoms with Crippen molar-refractivity contribution in [2.24, 2.45) is 5.92 Å². The summed E-state index contributed by atoms with van der Waals surface area (Å²) >= 11 is 0. The quantitative estimate of drug-likeness (QED) is 0.716. The van der Waals surface area contributed by atoms with Crippen LogP contribution >= 0.6 is 0 Å². The van der Waals surface area contributed by atoms with Crippen LogP contribution in [-0.2, 0) is 19.7 Å². The van der Waals surface area contributed by atoms with Crippen LogP contribution in [0.5, 0.6) is 11.5 Å². The van der Waals surface area contributed by atoms with Gasteiger partial charge >= 0.3 is 5.97 Å². The van der Waals surface area contributed by atoms with Crippen LogP contribution in [-0.4, -0.2) is 36.9 Å². The molecule has 0 aliphatic heterocycles. The van der Waals surface area contributed by atoms with E-state index in [1.807, 2.05) is 12.1 Å². The number of rotatable bonds is 7. The highest BCUT2D eigenvalue weighted by molar-refractivity contribution is 5.70. The second kappa shape index (κ2) is 8.51. The van der Waals surface area contributed by atoms with Crippen LogP contribution in [0.2, 0.25) is 0 Å². The van der Waals surface area contributed by atoms with Crippen LogP contribution in [0.15, 0.2) is 18.2 Å². The number of nitrogens with zero attached hydrogens (tertiary/aromatic N) is 1. The minimum absolute atomic E-state index is 0.0881. The first-order valence-electron chi connectivity index (χ1n) is 9.59. The molecule has 28 heavy (non-hydrogen) atoms. The minimum atomic E-state index is -0.793. The van der Waals surface area contributed by atoms with E-state index in [-0.39, 0.29) is 18.1 Å². The first kappa shape index (κ1) is 20.0. The Hall–Kier alpha value is -2.75. The van der Waals surface area contributed by atoms with Crippen molar-refractivity contribution in [3.8, 4) is 17.6 Å². The Morgan fingerprint density at radius 2 is 1.93 bits per heavy atom. The molecule has 2 aliphatic carbocycles. The van der Waals surface area contributed by atoms with E-state index in [4.69, 9.17) is 14.2 Å². The molecule has 0 heterocycles. The molecule has 7 heteroatoms. The predicted molar refractivity (Wildman–Crippen MR) is 99.1 cm³/mol. The third kappa shape index (κ3) is 4.06. The highest BCUT2D eigenvalue weighted by Gasteiger charge is 2.40. The molecule has 2 aliphatic rings. The lowest BCUT2D eigenvalue weighted by molar-refractivity contribution is -0.143. The molecule has 0 radical (unpaired) electrons. The number of aliphatic carboxylic acids is 1. The lowest BCUT2D eigenvalue weighted by Crippen LogP contribution is -2.33.